The van der Waals surface area contributed by atoms with Gasteiger partial charge in [0.1, 0.15) is 5.82 Å². The fourth-order valence-corrected chi connectivity index (χ4v) is 1.35. The summed E-state index contributed by atoms with van der Waals surface area (Å²) in [6.07, 6.45) is 1.61. The molecule has 0 aliphatic heterocycles. The minimum atomic E-state index is 0.457. The Bertz CT molecular complexity index is 494. The fraction of sp³-hybridized carbons (Fsp3) is 0.300. The van der Waals surface area contributed by atoms with E-state index in [-0.39, 0.29) is 0 Å². The highest BCUT2D eigenvalue weighted by Gasteiger charge is 2.04. The van der Waals surface area contributed by atoms with Crippen molar-refractivity contribution in [3.8, 4) is 0 Å². The molecule has 16 heavy (non-hydrogen) atoms. The van der Waals surface area contributed by atoms with E-state index in [9.17, 15) is 0 Å². The van der Waals surface area contributed by atoms with E-state index in [0.717, 1.165) is 11.4 Å². The standard InChI is InChI=1S/C10H13N5O/c1-6-3-8(11)4-12-10(6)13-5-9-14-7(2)15-16-9/h3-4H,5,11H2,1-2H3,(H,12,13). The predicted molar refractivity (Wildman–Crippen MR) is 59.7 cm³/mol. The first-order chi connectivity index (χ1) is 7.65. The largest absolute Gasteiger partial charge is 0.397 e. The maximum absolute atomic E-state index is 5.61. The van der Waals surface area contributed by atoms with Gasteiger partial charge in [-0.3, -0.25) is 0 Å². The third-order valence-corrected chi connectivity index (χ3v) is 2.08. The van der Waals surface area contributed by atoms with Crippen LogP contribution in [0, 0.1) is 13.8 Å². The minimum absolute atomic E-state index is 0.457. The van der Waals surface area contributed by atoms with Gasteiger partial charge in [0.15, 0.2) is 5.82 Å². The quantitative estimate of drug-likeness (QED) is 0.808. The van der Waals surface area contributed by atoms with Crippen LogP contribution in [0.4, 0.5) is 11.5 Å². The van der Waals surface area contributed by atoms with Gasteiger partial charge in [0, 0.05) is 0 Å². The Kier molecular flexibility index (Phi) is 2.72. The van der Waals surface area contributed by atoms with Crippen molar-refractivity contribution in [1.29, 1.82) is 0 Å². The Hall–Kier alpha value is -2.11. The summed E-state index contributed by atoms with van der Waals surface area (Å²) in [6, 6.07) is 1.86. The van der Waals surface area contributed by atoms with Gasteiger partial charge < -0.3 is 15.6 Å². The molecule has 3 N–H and O–H groups in total. The number of aromatic nitrogens is 3. The first kappa shape index (κ1) is 10.4. The Morgan fingerprint density at radius 1 is 1.44 bits per heavy atom. The lowest BCUT2D eigenvalue weighted by atomic mass is 10.2. The summed E-state index contributed by atoms with van der Waals surface area (Å²) in [6.45, 7) is 4.17. The van der Waals surface area contributed by atoms with Gasteiger partial charge in [-0.25, -0.2) is 4.98 Å². The number of nitrogens with zero attached hydrogens (tertiary/aromatic N) is 3. The second-order valence-corrected chi connectivity index (χ2v) is 3.52. The summed E-state index contributed by atoms with van der Waals surface area (Å²) in [7, 11) is 0. The molecule has 0 spiro atoms. The Morgan fingerprint density at radius 2 is 2.25 bits per heavy atom. The zero-order chi connectivity index (χ0) is 11.5. The molecule has 2 aromatic heterocycles. The smallest absolute Gasteiger partial charge is 0.245 e. The number of hydrogen-bond donors (Lipinski definition) is 2. The van der Waals surface area contributed by atoms with E-state index < -0.39 is 0 Å². The molecule has 0 aromatic carbocycles. The molecule has 0 saturated carbocycles. The van der Waals surface area contributed by atoms with Gasteiger partial charge in [0.2, 0.25) is 5.89 Å². The maximum atomic E-state index is 5.61. The van der Waals surface area contributed by atoms with E-state index >= 15 is 0 Å². The van der Waals surface area contributed by atoms with E-state index in [0.29, 0.717) is 23.9 Å². The molecule has 0 bridgehead atoms. The number of rotatable bonds is 3. The normalized spacial score (nSPS) is 10.4. The van der Waals surface area contributed by atoms with Gasteiger partial charge in [-0.2, -0.15) is 4.98 Å². The Balaban J connectivity index is 2.04. The predicted octanol–water partition coefficient (Wildman–Crippen LogP) is 1.28. The van der Waals surface area contributed by atoms with Gasteiger partial charge in [0.05, 0.1) is 18.4 Å². The first-order valence-electron chi connectivity index (χ1n) is 4.90. The lowest BCUT2D eigenvalue weighted by Crippen LogP contribution is -2.04. The number of nitrogens with one attached hydrogen (secondary N) is 1. The molecule has 2 heterocycles. The summed E-state index contributed by atoms with van der Waals surface area (Å²) >= 11 is 0. The van der Waals surface area contributed by atoms with Crippen molar-refractivity contribution in [3.05, 3.63) is 29.5 Å². The topological polar surface area (TPSA) is 89.9 Å². The SMILES string of the molecule is Cc1noc(CNc2ncc(N)cc2C)n1. The van der Waals surface area contributed by atoms with Crippen molar-refractivity contribution in [3.63, 3.8) is 0 Å². The third-order valence-electron chi connectivity index (χ3n) is 2.08. The van der Waals surface area contributed by atoms with E-state index in [1.54, 1.807) is 13.1 Å². The zero-order valence-corrected chi connectivity index (χ0v) is 9.19. The van der Waals surface area contributed by atoms with Crippen LogP contribution in [0.1, 0.15) is 17.3 Å². The van der Waals surface area contributed by atoms with Crippen LogP contribution >= 0.6 is 0 Å². The van der Waals surface area contributed by atoms with E-state index in [2.05, 4.69) is 20.4 Å². The molecular weight excluding hydrogens is 206 g/mol. The number of anilines is 2. The fourth-order valence-electron chi connectivity index (χ4n) is 1.35. The molecule has 2 rings (SSSR count). The Morgan fingerprint density at radius 3 is 2.88 bits per heavy atom. The van der Waals surface area contributed by atoms with Crippen LogP contribution in [0.25, 0.3) is 0 Å². The van der Waals surface area contributed by atoms with Crippen molar-refractivity contribution >= 4 is 11.5 Å². The van der Waals surface area contributed by atoms with Crippen LogP contribution < -0.4 is 11.1 Å². The van der Waals surface area contributed by atoms with Crippen LogP contribution in [0.2, 0.25) is 0 Å². The lowest BCUT2D eigenvalue weighted by Gasteiger charge is -2.06. The lowest BCUT2D eigenvalue weighted by molar-refractivity contribution is 0.379. The highest BCUT2D eigenvalue weighted by Crippen LogP contribution is 2.14. The van der Waals surface area contributed by atoms with Crippen LogP contribution in [0.15, 0.2) is 16.8 Å². The van der Waals surface area contributed by atoms with Crippen LogP contribution in [0.3, 0.4) is 0 Å². The van der Waals surface area contributed by atoms with Crippen LogP contribution in [-0.2, 0) is 6.54 Å². The molecule has 0 atom stereocenters. The van der Waals surface area contributed by atoms with Crippen molar-refractivity contribution in [1.82, 2.24) is 15.1 Å². The average Bonchev–Trinajstić information content (AvgIpc) is 2.63. The van der Waals surface area contributed by atoms with E-state index in [4.69, 9.17) is 10.3 Å². The molecule has 6 nitrogen and oxygen atoms in total. The van der Waals surface area contributed by atoms with Gasteiger partial charge in [-0.05, 0) is 25.5 Å². The van der Waals surface area contributed by atoms with Crippen LogP contribution in [-0.4, -0.2) is 15.1 Å². The third kappa shape index (κ3) is 2.28. The molecule has 6 heteroatoms. The van der Waals surface area contributed by atoms with Crippen molar-refractivity contribution in [2.45, 2.75) is 20.4 Å². The van der Waals surface area contributed by atoms with Crippen LogP contribution in [0.5, 0.6) is 0 Å². The molecule has 0 fully saturated rings. The molecule has 0 radical (unpaired) electrons. The van der Waals surface area contributed by atoms with E-state index in [1.807, 2.05) is 13.0 Å². The summed E-state index contributed by atoms with van der Waals surface area (Å²) < 4.78 is 4.97. The monoisotopic (exact) mass is 219 g/mol. The number of nitrogens with two attached hydrogens (primary N) is 1. The molecule has 0 saturated heterocycles. The van der Waals surface area contributed by atoms with Gasteiger partial charge in [0.25, 0.3) is 0 Å². The first-order valence-corrected chi connectivity index (χ1v) is 4.90. The molecule has 0 unspecified atom stereocenters. The highest BCUT2D eigenvalue weighted by atomic mass is 16.5. The molecule has 2 aromatic rings. The molecular formula is C10H13N5O. The molecule has 0 aliphatic rings. The number of hydrogen-bond acceptors (Lipinski definition) is 6. The van der Waals surface area contributed by atoms with Crippen molar-refractivity contribution in [2.75, 3.05) is 11.1 Å². The van der Waals surface area contributed by atoms with Gasteiger partial charge in [-0.1, -0.05) is 5.16 Å². The second-order valence-electron chi connectivity index (χ2n) is 3.52. The van der Waals surface area contributed by atoms with Gasteiger partial charge >= 0.3 is 0 Å². The van der Waals surface area contributed by atoms with Crippen molar-refractivity contribution < 1.29 is 4.52 Å². The average molecular weight is 219 g/mol. The van der Waals surface area contributed by atoms with Crippen molar-refractivity contribution in [2.24, 2.45) is 0 Å². The summed E-state index contributed by atoms with van der Waals surface area (Å²) in [5, 5.41) is 6.81. The maximum Gasteiger partial charge on any atom is 0.245 e. The minimum Gasteiger partial charge on any atom is -0.397 e. The summed E-state index contributed by atoms with van der Waals surface area (Å²) in [5.74, 6) is 1.93. The molecule has 0 aliphatic carbocycles. The number of nitrogen functional groups attached to an aromatic ring is 1. The number of aryl methyl sites for hydroxylation is 2. The van der Waals surface area contributed by atoms with Gasteiger partial charge in [-0.15, -0.1) is 0 Å². The Labute approximate surface area is 92.9 Å². The summed E-state index contributed by atoms with van der Waals surface area (Å²) in [4.78, 5) is 8.25. The molecule has 0 amide bonds. The second kappa shape index (κ2) is 4.18. The highest BCUT2D eigenvalue weighted by molar-refractivity contribution is 5.50. The molecule has 84 valence electrons. The van der Waals surface area contributed by atoms with E-state index in [1.165, 1.54) is 0 Å². The summed E-state index contributed by atoms with van der Waals surface area (Å²) in [5.41, 5.74) is 7.24. The zero-order valence-electron chi connectivity index (χ0n) is 9.19. The number of pyridine rings is 1.